The summed E-state index contributed by atoms with van der Waals surface area (Å²) in [5, 5.41) is 16.6. The number of amides is 2. The minimum absolute atomic E-state index is 0.179. The van der Waals surface area contributed by atoms with Crippen LogP contribution in [0.15, 0.2) is 54.6 Å². The van der Waals surface area contributed by atoms with Gasteiger partial charge in [-0.05, 0) is 42.7 Å². The smallest absolute Gasteiger partial charge is 0.268 e. The molecule has 7 nitrogen and oxygen atoms in total. The van der Waals surface area contributed by atoms with E-state index in [1.54, 1.807) is 7.11 Å². The third-order valence-corrected chi connectivity index (χ3v) is 6.67. The van der Waals surface area contributed by atoms with Crippen molar-refractivity contribution in [2.75, 3.05) is 7.11 Å². The maximum Gasteiger partial charge on any atom is 0.268 e. The van der Waals surface area contributed by atoms with Crippen LogP contribution < -0.4 is 15.4 Å². The zero-order valence-electron chi connectivity index (χ0n) is 19.6. The van der Waals surface area contributed by atoms with Crippen LogP contribution in [0.1, 0.15) is 41.7 Å². The standard InChI is InChI=1S/C27H30N4O3/c1-31-24-10-6-3-7-19(24)16-25(31)27(33)30-23-9-5-4-8-22(23)26(32)29-20(17-28)15-18-11-13-21(34-2)14-12-18/h3,6-7,10-14,16,20,22-23H,4-5,8-9,15H2,1-2H3,(H,29,32)(H,30,33)/t20-,22+,23-/m0/s1. The third-order valence-electron chi connectivity index (χ3n) is 6.67. The van der Waals surface area contributed by atoms with Crippen molar-refractivity contribution in [3.05, 3.63) is 65.9 Å². The summed E-state index contributed by atoms with van der Waals surface area (Å²) >= 11 is 0. The molecule has 1 fully saturated rings. The van der Waals surface area contributed by atoms with Gasteiger partial charge in [-0.1, -0.05) is 43.2 Å². The molecule has 0 bridgehead atoms. The Balaban J connectivity index is 1.43. The van der Waals surface area contributed by atoms with Gasteiger partial charge in [-0.15, -0.1) is 0 Å². The van der Waals surface area contributed by atoms with Gasteiger partial charge in [0.05, 0.1) is 19.1 Å². The highest BCUT2D eigenvalue weighted by Crippen LogP contribution is 2.26. The fraction of sp³-hybridized carbons (Fsp3) is 0.370. The van der Waals surface area contributed by atoms with Crippen LogP contribution in [0.25, 0.3) is 10.9 Å². The quantitative estimate of drug-likeness (QED) is 0.564. The van der Waals surface area contributed by atoms with E-state index in [1.807, 2.05) is 66.2 Å². The average molecular weight is 459 g/mol. The topological polar surface area (TPSA) is 96.2 Å². The predicted molar refractivity (Wildman–Crippen MR) is 130 cm³/mol. The Kier molecular flexibility index (Phi) is 7.17. The van der Waals surface area contributed by atoms with Crippen molar-refractivity contribution in [2.24, 2.45) is 13.0 Å². The summed E-state index contributed by atoms with van der Waals surface area (Å²) in [5.74, 6) is 0.0212. The van der Waals surface area contributed by atoms with Crippen molar-refractivity contribution in [3.8, 4) is 11.8 Å². The molecule has 176 valence electrons. The third kappa shape index (κ3) is 5.07. The SMILES string of the molecule is COc1ccc(C[C@@H](C#N)NC(=O)[C@@H]2CCCC[C@@H]2NC(=O)c2cc3ccccc3n2C)cc1. The van der Waals surface area contributed by atoms with E-state index in [9.17, 15) is 14.9 Å². The molecule has 34 heavy (non-hydrogen) atoms. The highest BCUT2D eigenvalue weighted by atomic mass is 16.5. The van der Waals surface area contributed by atoms with Crippen molar-refractivity contribution in [1.29, 1.82) is 5.26 Å². The fourth-order valence-electron chi connectivity index (χ4n) is 4.77. The molecule has 7 heteroatoms. The molecule has 0 aliphatic heterocycles. The minimum atomic E-state index is -0.641. The Hall–Kier alpha value is -3.79. The number of aromatic nitrogens is 1. The maximum atomic E-state index is 13.2. The molecule has 1 saturated carbocycles. The monoisotopic (exact) mass is 458 g/mol. The first kappa shape index (κ1) is 23.4. The lowest BCUT2D eigenvalue weighted by Gasteiger charge is -2.31. The first-order valence-electron chi connectivity index (χ1n) is 11.7. The Bertz CT molecular complexity index is 1210. The summed E-state index contributed by atoms with van der Waals surface area (Å²) in [6.45, 7) is 0. The zero-order valence-corrected chi connectivity index (χ0v) is 19.6. The van der Waals surface area contributed by atoms with Crippen LogP contribution in [0.2, 0.25) is 0 Å². The zero-order chi connectivity index (χ0) is 24.1. The van der Waals surface area contributed by atoms with Crippen LogP contribution >= 0.6 is 0 Å². The van der Waals surface area contributed by atoms with Crippen LogP contribution in [0.4, 0.5) is 0 Å². The van der Waals surface area contributed by atoms with Gasteiger partial charge in [0.1, 0.15) is 17.5 Å². The van der Waals surface area contributed by atoms with Crippen LogP contribution in [0, 0.1) is 17.2 Å². The lowest BCUT2D eigenvalue weighted by atomic mass is 9.83. The molecule has 0 saturated heterocycles. The number of hydrogen-bond acceptors (Lipinski definition) is 4. The summed E-state index contributed by atoms with van der Waals surface area (Å²) in [6, 6.07) is 18.5. The number of nitrogens with zero attached hydrogens (tertiary/aromatic N) is 2. The van der Waals surface area contributed by atoms with E-state index >= 15 is 0 Å². The summed E-state index contributed by atoms with van der Waals surface area (Å²) in [4.78, 5) is 26.3. The second-order valence-corrected chi connectivity index (χ2v) is 8.86. The fourth-order valence-corrected chi connectivity index (χ4v) is 4.77. The highest BCUT2D eigenvalue weighted by molar-refractivity contribution is 5.99. The molecular weight excluding hydrogens is 428 g/mol. The summed E-state index contributed by atoms with van der Waals surface area (Å²) in [7, 11) is 3.48. The van der Waals surface area contributed by atoms with E-state index in [2.05, 4.69) is 16.7 Å². The number of carbonyl (C=O) groups excluding carboxylic acids is 2. The molecular formula is C27H30N4O3. The van der Waals surface area contributed by atoms with Crippen molar-refractivity contribution in [1.82, 2.24) is 15.2 Å². The minimum Gasteiger partial charge on any atom is -0.497 e. The second kappa shape index (κ2) is 10.4. The van der Waals surface area contributed by atoms with Crippen molar-refractivity contribution < 1.29 is 14.3 Å². The molecule has 0 radical (unpaired) electrons. The lowest BCUT2D eigenvalue weighted by Crippen LogP contribution is -2.50. The van der Waals surface area contributed by atoms with E-state index in [-0.39, 0.29) is 23.8 Å². The van der Waals surface area contributed by atoms with Crippen molar-refractivity contribution in [2.45, 2.75) is 44.2 Å². The molecule has 2 N–H and O–H groups in total. The molecule has 1 aliphatic rings. The molecule has 1 aromatic heterocycles. The number of aryl methyl sites for hydroxylation is 1. The first-order valence-corrected chi connectivity index (χ1v) is 11.7. The first-order chi connectivity index (χ1) is 16.5. The van der Waals surface area contributed by atoms with Gasteiger partial charge in [-0.2, -0.15) is 5.26 Å². The maximum absolute atomic E-state index is 13.2. The highest BCUT2D eigenvalue weighted by Gasteiger charge is 2.33. The Morgan fingerprint density at radius 3 is 2.59 bits per heavy atom. The molecule has 0 spiro atoms. The molecule has 2 amide bonds. The van der Waals surface area contributed by atoms with E-state index in [0.29, 0.717) is 18.5 Å². The van der Waals surface area contributed by atoms with Gasteiger partial charge in [-0.25, -0.2) is 0 Å². The normalized spacial score (nSPS) is 18.6. The van der Waals surface area contributed by atoms with Gasteiger partial charge < -0.3 is 19.9 Å². The number of methoxy groups -OCH3 is 1. The average Bonchev–Trinajstić information content (AvgIpc) is 3.21. The number of fused-ring (bicyclic) bond motifs is 1. The van der Waals surface area contributed by atoms with Gasteiger partial charge in [-0.3, -0.25) is 9.59 Å². The number of benzene rings is 2. The van der Waals surface area contributed by atoms with Gasteiger partial charge in [0, 0.05) is 30.4 Å². The second-order valence-electron chi connectivity index (χ2n) is 8.86. The van der Waals surface area contributed by atoms with E-state index in [1.165, 1.54) is 0 Å². The molecule has 3 atom stereocenters. The number of ether oxygens (including phenoxy) is 1. The van der Waals surface area contributed by atoms with Crippen molar-refractivity contribution in [3.63, 3.8) is 0 Å². The summed E-state index contributed by atoms with van der Waals surface area (Å²) < 4.78 is 7.05. The van der Waals surface area contributed by atoms with Crippen LogP contribution in [-0.4, -0.2) is 35.6 Å². The van der Waals surface area contributed by atoms with Crippen LogP contribution in [0.3, 0.4) is 0 Å². The van der Waals surface area contributed by atoms with Gasteiger partial charge in [0.15, 0.2) is 0 Å². The van der Waals surface area contributed by atoms with Crippen LogP contribution in [-0.2, 0) is 18.3 Å². The van der Waals surface area contributed by atoms with Gasteiger partial charge in [0.25, 0.3) is 5.91 Å². The number of hydrogen-bond donors (Lipinski definition) is 2. The Morgan fingerprint density at radius 1 is 1.15 bits per heavy atom. The van der Waals surface area contributed by atoms with E-state index in [4.69, 9.17) is 4.74 Å². The van der Waals surface area contributed by atoms with Gasteiger partial charge in [0.2, 0.25) is 5.91 Å². The molecule has 0 unspecified atom stereocenters. The number of carbonyl (C=O) groups is 2. The molecule has 3 aromatic rings. The van der Waals surface area contributed by atoms with E-state index < -0.39 is 6.04 Å². The number of rotatable bonds is 7. The summed E-state index contributed by atoms with van der Waals surface area (Å²) in [6.07, 6.45) is 3.72. The van der Waals surface area contributed by atoms with Gasteiger partial charge >= 0.3 is 0 Å². The number of nitriles is 1. The largest absolute Gasteiger partial charge is 0.497 e. The molecule has 1 aliphatic carbocycles. The van der Waals surface area contributed by atoms with Crippen molar-refractivity contribution >= 4 is 22.7 Å². The van der Waals surface area contributed by atoms with Crippen LogP contribution in [0.5, 0.6) is 5.75 Å². The molecule has 4 rings (SSSR count). The Labute approximate surface area is 199 Å². The Morgan fingerprint density at radius 2 is 1.88 bits per heavy atom. The molecule has 2 aromatic carbocycles. The molecule has 1 heterocycles. The lowest BCUT2D eigenvalue weighted by molar-refractivity contribution is -0.127. The number of nitrogens with one attached hydrogen (secondary N) is 2. The number of para-hydroxylation sites is 1. The predicted octanol–water partition coefficient (Wildman–Crippen LogP) is 3.73. The summed E-state index contributed by atoms with van der Waals surface area (Å²) in [5.41, 5.74) is 2.50. The van der Waals surface area contributed by atoms with E-state index in [0.717, 1.165) is 41.5 Å².